The number of aromatic amines is 1. The highest BCUT2D eigenvalue weighted by atomic mass is 16.2. The van der Waals surface area contributed by atoms with Gasteiger partial charge in [0.05, 0.1) is 10.9 Å². The molecule has 0 unspecified atom stereocenters. The summed E-state index contributed by atoms with van der Waals surface area (Å²) in [5.41, 5.74) is 1.80. The number of pyridine rings is 1. The second-order valence-corrected chi connectivity index (χ2v) is 4.27. The number of urea groups is 1. The number of carbonyl (C=O) groups is 1. The summed E-state index contributed by atoms with van der Waals surface area (Å²) < 4.78 is 0. The number of anilines is 1. The Balaban J connectivity index is 1.66. The summed E-state index contributed by atoms with van der Waals surface area (Å²) in [7, 11) is 0. The van der Waals surface area contributed by atoms with Gasteiger partial charge < -0.3 is 5.32 Å². The van der Waals surface area contributed by atoms with E-state index in [4.69, 9.17) is 0 Å². The number of benzene rings is 1. The summed E-state index contributed by atoms with van der Waals surface area (Å²) in [6.45, 7) is 0.466. The number of carbonyl (C=O) groups excluding carboxylic acids is 1. The lowest BCUT2D eigenvalue weighted by atomic mass is 10.2. The first-order valence-electron chi connectivity index (χ1n) is 6.20. The number of rotatable bonds is 3. The van der Waals surface area contributed by atoms with Crippen LogP contribution in [0.5, 0.6) is 0 Å². The molecule has 2 heterocycles. The van der Waals surface area contributed by atoms with E-state index >= 15 is 0 Å². The van der Waals surface area contributed by atoms with Crippen LogP contribution in [-0.4, -0.2) is 21.2 Å². The van der Waals surface area contributed by atoms with Gasteiger partial charge in [-0.2, -0.15) is 5.10 Å². The van der Waals surface area contributed by atoms with Gasteiger partial charge >= 0.3 is 6.03 Å². The maximum absolute atomic E-state index is 11.9. The lowest BCUT2D eigenvalue weighted by molar-refractivity contribution is 0.251. The topological polar surface area (TPSA) is 82.7 Å². The first-order valence-corrected chi connectivity index (χ1v) is 6.20. The molecule has 3 aromatic rings. The van der Waals surface area contributed by atoms with Crippen LogP contribution in [-0.2, 0) is 6.54 Å². The number of nitrogens with one attached hydrogen (secondary N) is 3. The standard InChI is InChI=1S/C14H13N5O/c20-14(16-8-10-4-2-1-3-5-10)18-13-11-9-17-19-12(11)6-7-15-13/h1-7,9H,8H2,(H,17,19)(H2,15,16,18,20). The minimum absolute atomic E-state index is 0.296. The third-order valence-corrected chi connectivity index (χ3v) is 2.89. The average molecular weight is 267 g/mol. The second-order valence-electron chi connectivity index (χ2n) is 4.27. The van der Waals surface area contributed by atoms with E-state index in [-0.39, 0.29) is 6.03 Å². The molecule has 0 aliphatic heterocycles. The molecule has 0 aliphatic rings. The summed E-state index contributed by atoms with van der Waals surface area (Å²) in [4.78, 5) is 16.0. The molecule has 0 saturated carbocycles. The number of hydrogen-bond acceptors (Lipinski definition) is 3. The van der Waals surface area contributed by atoms with Crippen molar-refractivity contribution in [2.45, 2.75) is 6.54 Å². The number of nitrogens with zero attached hydrogens (tertiary/aromatic N) is 2. The largest absolute Gasteiger partial charge is 0.334 e. The Kier molecular flexibility index (Phi) is 3.28. The van der Waals surface area contributed by atoms with Crippen molar-refractivity contribution in [3.63, 3.8) is 0 Å². The lowest BCUT2D eigenvalue weighted by Gasteiger charge is -2.07. The van der Waals surface area contributed by atoms with Gasteiger partial charge in [0.25, 0.3) is 0 Å². The lowest BCUT2D eigenvalue weighted by Crippen LogP contribution is -2.28. The SMILES string of the molecule is O=C(NCc1ccccc1)Nc1nccc2n[nH]cc12. The van der Waals surface area contributed by atoms with E-state index in [2.05, 4.69) is 25.8 Å². The van der Waals surface area contributed by atoms with Gasteiger partial charge in [0.1, 0.15) is 5.82 Å². The fourth-order valence-electron chi connectivity index (χ4n) is 1.90. The molecular formula is C14H13N5O. The van der Waals surface area contributed by atoms with Crippen LogP contribution in [0, 0.1) is 0 Å². The Morgan fingerprint density at radius 2 is 2.05 bits per heavy atom. The number of H-pyrrole nitrogens is 1. The van der Waals surface area contributed by atoms with E-state index < -0.39 is 0 Å². The molecule has 3 N–H and O–H groups in total. The van der Waals surface area contributed by atoms with E-state index in [0.717, 1.165) is 16.5 Å². The highest BCUT2D eigenvalue weighted by Crippen LogP contribution is 2.17. The van der Waals surface area contributed by atoms with Crippen molar-refractivity contribution >= 4 is 22.8 Å². The van der Waals surface area contributed by atoms with Gasteiger partial charge in [0.2, 0.25) is 0 Å². The fourth-order valence-corrected chi connectivity index (χ4v) is 1.90. The molecule has 20 heavy (non-hydrogen) atoms. The minimum Gasteiger partial charge on any atom is -0.334 e. The normalized spacial score (nSPS) is 10.4. The van der Waals surface area contributed by atoms with Crippen molar-refractivity contribution in [2.24, 2.45) is 0 Å². The van der Waals surface area contributed by atoms with E-state index in [9.17, 15) is 4.79 Å². The fraction of sp³-hybridized carbons (Fsp3) is 0.0714. The summed E-state index contributed by atoms with van der Waals surface area (Å²) in [6.07, 6.45) is 3.31. The predicted molar refractivity (Wildman–Crippen MR) is 76.2 cm³/mol. The zero-order valence-corrected chi connectivity index (χ0v) is 10.6. The Bertz CT molecular complexity index is 723. The van der Waals surface area contributed by atoms with E-state index in [0.29, 0.717) is 12.4 Å². The van der Waals surface area contributed by atoms with Crippen LogP contribution in [0.1, 0.15) is 5.56 Å². The summed E-state index contributed by atoms with van der Waals surface area (Å²) in [5, 5.41) is 13.1. The smallest absolute Gasteiger partial charge is 0.320 e. The highest BCUT2D eigenvalue weighted by molar-refractivity contribution is 5.98. The number of hydrogen-bond donors (Lipinski definition) is 3. The van der Waals surface area contributed by atoms with Gasteiger partial charge in [0, 0.05) is 18.9 Å². The van der Waals surface area contributed by atoms with E-state index in [1.54, 1.807) is 18.5 Å². The Morgan fingerprint density at radius 3 is 2.90 bits per heavy atom. The molecule has 6 nitrogen and oxygen atoms in total. The Labute approximate surface area is 115 Å². The summed E-state index contributed by atoms with van der Waals surface area (Å²) >= 11 is 0. The van der Waals surface area contributed by atoms with Crippen molar-refractivity contribution in [1.29, 1.82) is 0 Å². The van der Waals surface area contributed by atoms with Crippen molar-refractivity contribution in [3.8, 4) is 0 Å². The van der Waals surface area contributed by atoms with Crippen molar-refractivity contribution < 1.29 is 4.79 Å². The van der Waals surface area contributed by atoms with Gasteiger partial charge in [-0.25, -0.2) is 9.78 Å². The number of aromatic nitrogens is 3. The van der Waals surface area contributed by atoms with Crippen LogP contribution in [0.4, 0.5) is 10.6 Å². The van der Waals surface area contributed by atoms with Crippen LogP contribution in [0.15, 0.2) is 48.8 Å². The maximum atomic E-state index is 11.9. The first kappa shape index (κ1) is 12.2. The molecule has 6 heteroatoms. The van der Waals surface area contributed by atoms with Crippen molar-refractivity contribution in [2.75, 3.05) is 5.32 Å². The zero-order chi connectivity index (χ0) is 13.8. The minimum atomic E-state index is -0.296. The van der Waals surface area contributed by atoms with Gasteiger partial charge in [-0.05, 0) is 11.6 Å². The number of fused-ring (bicyclic) bond motifs is 1. The molecule has 0 spiro atoms. The molecule has 100 valence electrons. The molecule has 0 bridgehead atoms. The average Bonchev–Trinajstić information content (AvgIpc) is 2.96. The van der Waals surface area contributed by atoms with E-state index in [1.807, 2.05) is 30.3 Å². The zero-order valence-electron chi connectivity index (χ0n) is 10.6. The maximum Gasteiger partial charge on any atom is 0.320 e. The van der Waals surface area contributed by atoms with Crippen molar-refractivity contribution in [1.82, 2.24) is 20.5 Å². The van der Waals surface area contributed by atoms with Gasteiger partial charge in [-0.15, -0.1) is 0 Å². The van der Waals surface area contributed by atoms with Crippen LogP contribution in [0.25, 0.3) is 10.9 Å². The van der Waals surface area contributed by atoms with Gasteiger partial charge in [-0.1, -0.05) is 30.3 Å². The third kappa shape index (κ3) is 2.59. The molecule has 3 rings (SSSR count). The molecule has 1 aromatic carbocycles. The molecule has 0 radical (unpaired) electrons. The number of amides is 2. The molecule has 0 atom stereocenters. The summed E-state index contributed by atoms with van der Waals surface area (Å²) in [6, 6.07) is 11.2. The molecule has 2 aromatic heterocycles. The first-order chi connectivity index (χ1) is 9.83. The summed E-state index contributed by atoms with van der Waals surface area (Å²) in [5.74, 6) is 0.488. The van der Waals surface area contributed by atoms with Crippen molar-refractivity contribution in [3.05, 3.63) is 54.4 Å². The van der Waals surface area contributed by atoms with Crippen LogP contribution >= 0.6 is 0 Å². The Morgan fingerprint density at radius 1 is 1.20 bits per heavy atom. The van der Waals surface area contributed by atoms with Crippen LogP contribution < -0.4 is 10.6 Å². The van der Waals surface area contributed by atoms with Crippen LogP contribution in [0.2, 0.25) is 0 Å². The van der Waals surface area contributed by atoms with Gasteiger partial charge in [0.15, 0.2) is 0 Å². The van der Waals surface area contributed by atoms with E-state index in [1.165, 1.54) is 0 Å². The second kappa shape index (κ2) is 5.40. The highest BCUT2D eigenvalue weighted by Gasteiger charge is 2.07. The molecule has 0 aliphatic carbocycles. The Hall–Kier alpha value is -2.89. The monoisotopic (exact) mass is 267 g/mol. The predicted octanol–water partition coefficient (Wildman–Crippen LogP) is 2.28. The molecule has 2 amide bonds. The quantitative estimate of drug-likeness (QED) is 0.680. The molecule has 0 fully saturated rings. The third-order valence-electron chi connectivity index (χ3n) is 2.89. The molecule has 0 saturated heterocycles. The molecular weight excluding hydrogens is 254 g/mol. The van der Waals surface area contributed by atoms with Gasteiger partial charge in [-0.3, -0.25) is 10.4 Å². The van der Waals surface area contributed by atoms with Crippen LogP contribution in [0.3, 0.4) is 0 Å².